The lowest BCUT2D eigenvalue weighted by Gasteiger charge is -2.05. The lowest BCUT2D eigenvalue weighted by molar-refractivity contribution is 0.0948. The molecule has 0 bridgehead atoms. The molecule has 4 heteroatoms. The van der Waals surface area contributed by atoms with Crippen molar-refractivity contribution in [2.45, 2.75) is 25.3 Å². The quantitative estimate of drug-likeness (QED) is 0.700. The van der Waals surface area contributed by atoms with Gasteiger partial charge in [0, 0.05) is 18.8 Å². The number of nitrogens with zero attached hydrogens (tertiary/aromatic N) is 1. The van der Waals surface area contributed by atoms with E-state index < -0.39 is 0 Å². The maximum atomic E-state index is 11.6. The van der Waals surface area contributed by atoms with E-state index in [-0.39, 0.29) is 5.91 Å². The summed E-state index contributed by atoms with van der Waals surface area (Å²) in [5, 5.41) is 6.25. The van der Waals surface area contributed by atoms with Gasteiger partial charge in [0.05, 0.1) is 0 Å². The van der Waals surface area contributed by atoms with E-state index in [1.54, 1.807) is 18.3 Å². The molecule has 0 radical (unpaired) electrons. The van der Waals surface area contributed by atoms with Gasteiger partial charge in [-0.1, -0.05) is 6.07 Å². The SMILES string of the molecule is O=C(NCCCNC1CC1)c1ccccn1. The number of nitrogens with one attached hydrogen (secondary N) is 2. The number of amides is 1. The fraction of sp³-hybridized carbons (Fsp3) is 0.500. The monoisotopic (exact) mass is 219 g/mol. The van der Waals surface area contributed by atoms with Gasteiger partial charge in [0.2, 0.25) is 0 Å². The molecule has 0 aromatic carbocycles. The van der Waals surface area contributed by atoms with Crippen molar-refractivity contribution in [2.75, 3.05) is 13.1 Å². The molecule has 0 atom stereocenters. The Morgan fingerprint density at radius 1 is 1.38 bits per heavy atom. The van der Waals surface area contributed by atoms with E-state index in [0.717, 1.165) is 19.0 Å². The smallest absolute Gasteiger partial charge is 0.269 e. The second-order valence-electron chi connectivity index (χ2n) is 4.05. The zero-order chi connectivity index (χ0) is 11.2. The Morgan fingerprint density at radius 3 is 2.94 bits per heavy atom. The highest BCUT2D eigenvalue weighted by Gasteiger charge is 2.19. The lowest BCUT2D eigenvalue weighted by Crippen LogP contribution is -2.28. The van der Waals surface area contributed by atoms with Crippen LogP contribution in [0.2, 0.25) is 0 Å². The van der Waals surface area contributed by atoms with Crippen molar-refractivity contribution in [3.8, 4) is 0 Å². The molecule has 1 aromatic heterocycles. The van der Waals surface area contributed by atoms with Crippen LogP contribution in [0.15, 0.2) is 24.4 Å². The minimum Gasteiger partial charge on any atom is -0.351 e. The molecule has 1 aliphatic rings. The van der Waals surface area contributed by atoms with Crippen molar-refractivity contribution in [1.29, 1.82) is 0 Å². The number of carbonyl (C=O) groups is 1. The first kappa shape index (κ1) is 11.1. The van der Waals surface area contributed by atoms with Crippen LogP contribution in [0.1, 0.15) is 29.8 Å². The van der Waals surface area contributed by atoms with Gasteiger partial charge in [0.15, 0.2) is 0 Å². The van der Waals surface area contributed by atoms with Crippen LogP contribution in [0.25, 0.3) is 0 Å². The topological polar surface area (TPSA) is 54.0 Å². The maximum absolute atomic E-state index is 11.6. The van der Waals surface area contributed by atoms with Crippen LogP contribution in [0.4, 0.5) is 0 Å². The molecule has 0 unspecified atom stereocenters. The Balaban J connectivity index is 1.60. The largest absolute Gasteiger partial charge is 0.351 e. The maximum Gasteiger partial charge on any atom is 0.269 e. The van der Waals surface area contributed by atoms with Gasteiger partial charge in [-0.2, -0.15) is 0 Å². The summed E-state index contributed by atoms with van der Waals surface area (Å²) < 4.78 is 0. The van der Waals surface area contributed by atoms with Crippen LogP contribution in [0, 0.1) is 0 Å². The van der Waals surface area contributed by atoms with Crippen LogP contribution >= 0.6 is 0 Å². The summed E-state index contributed by atoms with van der Waals surface area (Å²) in [6, 6.07) is 6.08. The van der Waals surface area contributed by atoms with E-state index in [1.165, 1.54) is 12.8 Å². The lowest BCUT2D eigenvalue weighted by atomic mass is 10.3. The summed E-state index contributed by atoms with van der Waals surface area (Å²) >= 11 is 0. The molecule has 1 saturated carbocycles. The highest BCUT2D eigenvalue weighted by molar-refractivity contribution is 5.92. The van der Waals surface area contributed by atoms with Gasteiger partial charge >= 0.3 is 0 Å². The first-order chi connectivity index (χ1) is 7.86. The Labute approximate surface area is 95.5 Å². The fourth-order valence-corrected chi connectivity index (χ4v) is 1.47. The molecule has 0 aliphatic heterocycles. The summed E-state index contributed by atoms with van der Waals surface area (Å²) in [6.45, 7) is 1.68. The van der Waals surface area contributed by atoms with Crippen molar-refractivity contribution < 1.29 is 4.79 Å². The van der Waals surface area contributed by atoms with Crippen LogP contribution in [-0.2, 0) is 0 Å². The van der Waals surface area contributed by atoms with Crippen LogP contribution in [0.5, 0.6) is 0 Å². The third kappa shape index (κ3) is 3.62. The molecular formula is C12H17N3O. The van der Waals surface area contributed by atoms with Crippen LogP contribution in [0.3, 0.4) is 0 Å². The van der Waals surface area contributed by atoms with Gasteiger partial charge < -0.3 is 10.6 Å². The predicted octanol–water partition coefficient (Wildman–Crippen LogP) is 0.953. The highest BCUT2D eigenvalue weighted by Crippen LogP contribution is 2.18. The number of hydrogen-bond acceptors (Lipinski definition) is 3. The van der Waals surface area contributed by atoms with Crippen molar-refractivity contribution >= 4 is 5.91 Å². The molecule has 0 saturated heterocycles. The molecule has 1 fully saturated rings. The van der Waals surface area contributed by atoms with Crippen LogP contribution in [-0.4, -0.2) is 30.0 Å². The van der Waals surface area contributed by atoms with E-state index in [4.69, 9.17) is 0 Å². The minimum absolute atomic E-state index is 0.0907. The number of aromatic nitrogens is 1. The molecule has 86 valence electrons. The van der Waals surface area contributed by atoms with Crippen molar-refractivity contribution in [1.82, 2.24) is 15.6 Å². The van der Waals surface area contributed by atoms with E-state index in [1.807, 2.05) is 6.07 Å². The molecular weight excluding hydrogens is 202 g/mol. The Kier molecular flexibility index (Phi) is 3.88. The molecule has 4 nitrogen and oxygen atoms in total. The molecule has 2 N–H and O–H groups in total. The molecule has 1 heterocycles. The molecule has 1 aromatic rings. The van der Waals surface area contributed by atoms with Gasteiger partial charge in [-0.25, -0.2) is 0 Å². The molecule has 2 rings (SSSR count). The van der Waals surface area contributed by atoms with Gasteiger partial charge in [0.1, 0.15) is 5.69 Å². The molecule has 16 heavy (non-hydrogen) atoms. The second-order valence-corrected chi connectivity index (χ2v) is 4.05. The first-order valence-electron chi connectivity index (χ1n) is 5.79. The summed E-state index contributed by atoms with van der Waals surface area (Å²) in [4.78, 5) is 15.5. The van der Waals surface area contributed by atoms with Crippen molar-refractivity contribution in [3.05, 3.63) is 30.1 Å². The zero-order valence-electron chi connectivity index (χ0n) is 9.28. The molecule has 1 aliphatic carbocycles. The predicted molar refractivity (Wildman–Crippen MR) is 62.2 cm³/mol. The summed E-state index contributed by atoms with van der Waals surface area (Å²) in [6.07, 6.45) is 5.21. The Bertz CT molecular complexity index is 335. The zero-order valence-corrected chi connectivity index (χ0v) is 9.28. The number of rotatable bonds is 6. The average molecular weight is 219 g/mol. The van der Waals surface area contributed by atoms with Gasteiger partial charge in [-0.3, -0.25) is 9.78 Å². The Morgan fingerprint density at radius 2 is 2.25 bits per heavy atom. The molecule has 0 spiro atoms. The van der Waals surface area contributed by atoms with Gasteiger partial charge in [0.25, 0.3) is 5.91 Å². The summed E-state index contributed by atoms with van der Waals surface area (Å²) in [7, 11) is 0. The number of pyridine rings is 1. The van der Waals surface area contributed by atoms with E-state index in [0.29, 0.717) is 12.2 Å². The number of carbonyl (C=O) groups excluding carboxylic acids is 1. The summed E-state index contributed by atoms with van der Waals surface area (Å²) in [5.41, 5.74) is 0.484. The summed E-state index contributed by atoms with van der Waals surface area (Å²) in [5.74, 6) is -0.0907. The van der Waals surface area contributed by atoms with Crippen molar-refractivity contribution in [3.63, 3.8) is 0 Å². The number of hydrogen-bond donors (Lipinski definition) is 2. The average Bonchev–Trinajstić information content (AvgIpc) is 3.13. The van der Waals surface area contributed by atoms with Gasteiger partial charge in [-0.15, -0.1) is 0 Å². The third-order valence-corrected chi connectivity index (χ3v) is 2.55. The third-order valence-electron chi connectivity index (χ3n) is 2.55. The van der Waals surface area contributed by atoms with Crippen LogP contribution < -0.4 is 10.6 Å². The van der Waals surface area contributed by atoms with Crippen molar-refractivity contribution in [2.24, 2.45) is 0 Å². The first-order valence-corrected chi connectivity index (χ1v) is 5.79. The van der Waals surface area contributed by atoms with Gasteiger partial charge in [-0.05, 0) is 37.9 Å². The molecule has 1 amide bonds. The fourth-order valence-electron chi connectivity index (χ4n) is 1.47. The highest BCUT2D eigenvalue weighted by atomic mass is 16.1. The van der Waals surface area contributed by atoms with E-state index in [2.05, 4.69) is 15.6 Å². The van der Waals surface area contributed by atoms with E-state index >= 15 is 0 Å². The van der Waals surface area contributed by atoms with E-state index in [9.17, 15) is 4.79 Å². The standard InChI is InChI=1S/C12H17N3O/c16-12(11-4-1-2-7-14-11)15-9-3-8-13-10-5-6-10/h1-2,4,7,10,13H,3,5-6,8-9H2,(H,15,16). The second kappa shape index (κ2) is 5.61. The Hall–Kier alpha value is -1.42. The normalized spacial score (nSPS) is 14.8. The minimum atomic E-state index is -0.0907.